The molecule has 1 aliphatic rings. The van der Waals surface area contributed by atoms with Crippen LogP contribution in [0.1, 0.15) is 13.8 Å². The molecule has 0 aromatic heterocycles. The third-order valence-electron chi connectivity index (χ3n) is 2.64. The number of hydrogen-bond acceptors (Lipinski definition) is 4. The molecule has 1 fully saturated rings. The molecule has 0 bridgehead atoms. The number of nitrogens with zero attached hydrogens (tertiary/aromatic N) is 1. The summed E-state index contributed by atoms with van der Waals surface area (Å²) in [6.45, 7) is 7.15. The number of carbonyl (C=O) groups excluding carboxylic acids is 1. The van der Waals surface area contributed by atoms with Gasteiger partial charge in [-0.15, -0.1) is 0 Å². The predicted molar refractivity (Wildman–Crippen MR) is 57.6 cm³/mol. The van der Waals surface area contributed by atoms with Crippen molar-refractivity contribution in [3.63, 3.8) is 0 Å². The third-order valence-corrected chi connectivity index (χ3v) is 2.64. The molecular weight excluding hydrogens is 194 g/mol. The van der Waals surface area contributed by atoms with E-state index in [0.29, 0.717) is 11.6 Å². The van der Waals surface area contributed by atoms with Crippen LogP contribution in [0.25, 0.3) is 0 Å². The largest absolute Gasteiger partial charge is 0.466 e. The summed E-state index contributed by atoms with van der Waals surface area (Å²) < 4.78 is 9.96. The van der Waals surface area contributed by atoms with Gasteiger partial charge in [0.05, 0.1) is 20.3 Å². The van der Waals surface area contributed by atoms with Crippen LogP contribution < -0.4 is 0 Å². The first-order valence-electron chi connectivity index (χ1n) is 5.22. The molecule has 0 radical (unpaired) electrons. The van der Waals surface area contributed by atoms with Crippen molar-refractivity contribution in [2.75, 3.05) is 33.4 Å². The quantitative estimate of drug-likeness (QED) is 0.514. The van der Waals surface area contributed by atoms with Crippen LogP contribution in [0, 0.1) is 0 Å². The lowest BCUT2D eigenvalue weighted by Gasteiger charge is -2.32. The van der Waals surface area contributed by atoms with E-state index in [-0.39, 0.29) is 5.97 Å². The molecule has 0 spiro atoms. The minimum Gasteiger partial charge on any atom is -0.466 e. The molecule has 0 aromatic carbocycles. The highest BCUT2D eigenvalue weighted by atomic mass is 16.5. The maximum atomic E-state index is 11.1. The van der Waals surface area contributed by atoms with Gasteiger partial charge in [-0.25, -0.2) is 4.79 Å². The Kier molecular flexibility index (Phi) is 4.78. The van der Waals surface area contributed by atoms with E-state index in [2.05, 4.69) is 16.6 Å². The van der Waals surface area contributed by atoms with Crippen LogP contribution in [-0.2, 0) is 14.3 Å². The van der Waals surface area contributed by atoms with Crippen LogP contribution in [0.3, 0.4) is 0 Å². The van der Waals surface area contributed by atoms with Crippen molar-refractivity contribution >= 4 is 5.97 Å². The van der Waals surface area contributed by atoms with E-state index < -0.39 is 0 Å². The van der Waals surface area contributed by atoms with Crippen molar-refractivity contribution in [2.45, 2.75) is 19.9 Å². The van der Waals surface area contributed by atoms with E-state index in [4.69, 9.17) is 4.74 Å². The molecule has 1 heterocycles. The maximum Gasteiger partial charge on any atom is 0.333 e. The first-order valence-corrected chi connectivity index (χ1v) is 5.22. The fraction of sp³-hybridized carbons (Fsp3) is 0.727. The van der Waals surface area contributed by atoms with E-state index in [0.717, 1.165) is 26.3 Å². The van der Waals surface area contributed by atoms with Gasteiger partial charge < -0.3 is 9.47 Å². The molecule has 1 unspecified atom stereocenters. The normalized spacial score (nSPS) is 23.9. The van der Waals surface area contributed by atoms with Crippen molar-refractivity contribution in [3.05, 3.63) is 11.6 Å². The number of methoxy groups -OCH3 is 1. The molecule has 1 atom stereocenters. The van der Waals surface area contributed by atoms with Crippen LogP contribution in [0.15, 0.2) is 11.6 Å². The van der Waals surface area contributed by atoms with Crippen molar-refractivity contribution in [3.8, 4) is 0 Å². The monoisotopic (exact) mass is 213 g/mol. The average Bonchev–Trinajstić information content (AvgIpc) is 2.26. The van der Waals surface area contributed by atoms with E-state index in [1.54, 1.807) is 6.92 Å². The van der Waals surface area contributed by atoms with Crippen molar-refractivity contribution < 1.29 is 14.3 Å². The van der Waals surface area contributed by atoms with Crippen LogP contribution in [-0.4, -0.2) is 50.3 Å². The maximum absolute atomic E-state index is 11.1. The Morgan fingerprint density at radius 2 is 2.40 bits per heavy atom. The Morgan fingerprint density at radius 1 is 1.67 bits per heavy atom. The zero-order valence-electron chi connectivity index (χ0n) is 9.66. The van der Waals surface area contributed by atoms with Crippen molar-refractivity contribution in [2.24, 2.45) is 0 Å². The standard InChI is InChI=1S/C11H19NO3/c1-9(11(13)14-3)4-5-12-6-7-15-8-10(12)2/h4,10H,5-8H2,1-3H3. The van der Waals surface area contributed by atoms with Gasteiger partial charge >= 0.3 is 5.97 Å². The molecule has 4 heteroatoms. The van der Waals surface area contributed by atoms with Crippen LogP contribution >= 0.6 is 0 Å². The van der Waals surface area contributed by atoms with Gasteiger partial charge in [0, 0.05) is 24.7 Å². The van der Waals surface area contributed by atoms with Crippen LogP contribution in [0.5, 0.6) is 0 Å². The molecule has 0 saturated carbocycles. The summed E-state index contributed by atoms with van der Waals surface area (Å²) in [4.78, 5) is 13.4. The second-order valence-electron chi connectivity index (χ2n) is 3.80. The highest BCUT2D eigenvalue weighted by Crippen LogP contribution is 2.06. The molecule has 0 amide bonds. The zero-order chi connectivity index (χ0) is 11.3. The van der Waals surface area contributed by atoms with Gasteiger partial charge in [0.2, 0.25) is 0 Å². The van der Waals surface area contributed by atoms with E-state index in [1.807, 2.05) is 6.08 Å². The minimum absolute atomic E-state index is 0.254. The Bertz CT molecular complexity index is 250. The molecular formula is C11H19NO3. The van der Waals surface area contributed by atoms with Crippen molar-refractivity contribution in [1.29, 1.82) is 0 Å². The number of carbonyl (C=O) groups is 1. The fourth-order valence-corrected chi connectivity index (χ4v) is 1.53. The number of esters is 1. The summed E-state index contributed by atoms with van der Waals surface area (Å²) in [6.07, 6.45) is 1.91. The smallest absolute Gasteiger partial charge is 0.333 e. The van der Waals surface area contributed by atoms with Crippen molar-refractivity contribution in [1.82, 2.24) is 4.90 Å². The van der Waals surface area contributed by atoms with Gasteiger partial charge in [-0.1, -0.05) is 6.08 Å². The van der Waals surface area contributed by atoms with Crippen LogP contribution in [0.2, 0.25) is 0 Å². The number of ether oxygens (including phenoxy) is 2. The van der Waals surface area contributed by atoms with Gasteiger partial charge in [-0.3, -0.25) is 4.90 Å². The number of rotatable bonds is 3. The van der Waals surface area contributed by atoms with E-state index >= 15 is 0 Å². The molecule has 0 aliphatic carbocycles. The lowest BCUT2D eigenvalue weighted by atomic mass is 10.2. The molecule has 1 saturated heterocycles. The Labute approximate surface area is 90.8 Å². The van der Waals surface area contributed by atoms with E-state index in [1.165, 1.54) is 7.11 Å². The fourth-order valence-electron chi connectivity index (χ4n) is 1.53. The van der Waals surface area contributed by atoms with Gasteiger partial charge in [0.1, 0.15) is 0 Å². The third kappa shape index (κ3) is 3.64. The molecule has 15 heavy (non-hydrogen) atoms. The Hall–Kier alpha value is -0.870. The summed E-state index contributed by atoms with van der Waals surface area (Å²) >= 11 is 0. The minimum atomic E-state index is -0.254. The number of morpholine rings is 1. The summed E-state index contributed by atoms with van der Waals surface area (Å²) in [7, 11) is 1.40. The first kappa shape index (κ1) is 12.2. The lowest BCUT2D eigenvalue weighted by Crippen LogP contribution is -2.43. The molecule has 1 rings (SSSR count). The molecule has 0 aromatic rings. The SMILES string of the molecule is COC(=O)C(C)=CCN1CCOCC1C. The summed E-state index contributed by atoms with van der Waals surface area (Å²) in [5.41, 5.74) is 0.663. The lowest BCUT2D eigenvalue weighted by molar-refractivity contribution is -0.136. The molecule has 86 valence electrons. The average molecular weight is 213 g/mol. The second-order valence-corrected chi connectivity index (χ2v) is 3.80. The molecule has 4 nitrogen and oxygen atoms in total. The zero-order valence-corrected chi connectivity index (χ0v) is 9.66. The highest BCUT2D eigenvalue weighted by Gasteiger charge is 2.17. The predicted octanol–water partition coefficient (Wildman–Crippen LogP) is 0.826. The highest BCUT2D eigenvalue weighted by molar-refractivity contribution is 5.87. The molecule has 1 aliphatic heterocycles. The van der Waals surface area contributed by atoms with E-state index in [9.17, 15) is 4.79 Å². The van der Waals surface area contributed by atoms with Gasteiger partial charge in [0.25, 0.3) is 0 Å². The van der Waals surface area contributed by atoms with Crippen LogP contribution in [0.4, 0.5) is 0 Å². The van der Waals surface area contributed by atoms with Gasteiger partial charge in [0.15, 0.2) is 0 Å². The Balaban J connectivity index is 2.43. The second kappa shape index (κ2) is 5.88. The Morgan fingerprint density at radius 3 is 3.00 bits per heavy atom. The van der Waals surface area contributed by atoms with Gasteiger partial charge in [-0.05, 0) is 13.8 Å². The van der Waals surface area contributed by atoms with Gasteiger partial charge in [-0.2, -0.15) is 0 Å². The molecule has 0 N–H and O–H groups in total. The summed E-state index contributed by atoms with van der Waals surface area (Å²) in [5, 5.41) is 0. The topological polar surface area (TPSA) is 38.8 Å². The summed E-state index contributed by atoms with van der Waals surface area (Å²) in [6, 6.07) is 0.417. The number of hydrogen-bond donors (Lipinski definition) is 0. The summed E-state index contributed by atoms with van der Waals surface area (Å²) in [5.74, 6) is -0.254. The first-order chi connectivity index (χ1) is 7.15.